The Morgan fingerprint density at radius 1 is 1.37 bits per heavy atom. The normalized spacial score (nSPS) is 11.0. The van der Waals surface area contributed by atoms with Crippen LogP contribution < -0.4 is 5.73 Å². The van der Waals surface area contributed by atoms with Gasteiger partial charge in [0.1, 0.15) is 16.7 Å². The molecule has 6 heteroatoms. The maximum absolute atomic E-state index is 13.7. The Morgan fingerprint density at radius 2 is 2.11 bits per heavy atom. The highest BCUT2D eigenvalue weighted by Gasteiger charge is 2.16. The molecule has 0 aliphatic rings. The van der Waals surface area contributed by atoms with E-state index >= 15 is 0 Å². The molecule has 0 unspecified atom stereocenters. The molecule has 0 saturated heterocycles. The predicted molar refractivity (Wildman–Crippen MR) is 71.2 cm³/mol. The zero-order valence-corrected chi connectivity index (χ0v) is 11.6. The Morgan fingerprint density at radius 3 is 2.79 bits per heavy atom. The summed E-state index contributed by atoms with van der Waals surface area (Å²) in [7, 11) is 1.78. The Bertz CT molecular complexity index is 596. The molecule has 0 radical (unpaired) electrons. The molecule has 2 N–H and O–H groups in total. The molecule has 2 aromatic rings. The van der Waals surface area contributed by atoms with Gasteiger partial charge in [0.2, 0.25) is 0 Å². The number of aryl methyl sites for hydroxylation is 2. The minimum Gasteiger partial charge on any atom is -0.330 e. The summed E-state index contributed by atoms with van der Waals surface area (Å²) in [5.74, 6) is -0.896. The first-order valence-electron chi connectivity index (χ1n) is 5.88. The van der Waals surface area contributed by atoms with Crippen LogP contribution in [-0.4, -0.2) is 16.3 Å². The Hall–Kier alpha value is -1.40. The van der Waals surface area contributed by atoms with Crippen molar-refractivity contribution >= 4 is 11.8 Å². The molecule has 2 rings (SSSR count). The first-order chi connectivity index (χ1) is 9.02. The smallest absolute Gasteiger partial charge is 0.137 e. The lowest BCUT2D eigenvalue weighted by Crippen LogP contribution is -2.04. The van der Waals surface area contributed by atoms with Gasteiger partial charge in [-0.25, -0.2) is 8.78 Å². The van der Waals surface area contributed by atoms with Crippen molar-refractivity contribution in [1.82, 2.24) is 9.78 Å². The Labute approximate surface area is 114 Å². The van der Waals surface area contributed by atoms with E-state index in [-0.39, 0.29) is 4.90 Å². The van der Waals surface area contributed by atoms with Gasteiger partial charge in [-0.2, -0.15) is 5.10 Å². The van der Waals surface area contributed by atoms with Crippen LogP contribution in [0.25, 0.3) is 0 Å². The van der Waals surface area contributed by atoms with Crippen LogP contribution in [0, 0.1) is 18.6 Å². The number of nitrogens with zero attached hydrogens (tertiary/aromatic N) is 2. The predicted octanol–water partition coefficient (Wildman–Crippen LogP) is 2.66. The fraction of sp³-hybridized carbons (Fsp3) is 0.308. The van der Waals surface area contributed by atoms with Gasteiger partial charge in [0, 0.05) is 12.6 Å². The highest BCUT2D eigenvalue weighted by molar-refractivity contribution is 7.99. The number of benzene rings is 1. The van der Waals surface area contributed by atoms with Crippen molar-refractivity contribution in [2.24, 2.45) is 12.8 Å². The number of halogens is 2. The summed E-state index contributed by atoms with van der Waals surface area (Å²) in [6.07, 6.45) is 0.666. The lowest BCUT2D eigenvalue weighted by Gasteiger charge is -2.07. The monoisotopic (exact) mass is 283 g/mol. The third-order valence-corrected chi connectivity index (χ3v) is 4.02. The topological polar surface area (TPSA) is 43.8 Å². The van der Waals surface area contributed by atoms with Crippen molar-refractivity contribution in [3.63, 3.8) is 0 Å². The largest absolute Gasteiger partial charge is 0.330 e. The molecule has 3 nitrogen and oxygen atoms in total. The molecule has 19 heavy (non-hydrogen) atoms. The molecule has 0 fully saturated rings. The van der Waals surface area contributed by atoms with Gasteiger partial charge in [-0.3, -0.25) is 4.68 Å². The highest BCUT2D eigenvalue weighted by Crippen LogP contribution is 2.33. The molecule has 0 amide bonds. The highest BCUT2D eigenvalue weighted by atomic mass is 32.2. The van der Waals surface area contributed by atoms with E-state index in [1.54, 1.807) is 11.7 Å². The van der Waals surface area contributed by atoms with Crippen molar-refractivity contribution in [2.75, 3.05) is 6.54 Å². The fourth-order valence-corrected chi connectivity index (χ4v) is 2.99. The minimum atomic E-state index is -0.455. The van der Waals surface area contributed by atoms with Gasteiger partial charge in [-0.15, -0.1) is 0 Å². The van der Waals surface area contributed by atoms with Gasteiger partial charge in [0.25, 0.3) is 0 Å². The first kappa shape index (κ1) is 14.0. The molecular weight excluding hydrogens is 268 g/mol. The molecule has 0 spiro atoms. The van der Waals surface area contributed by atoms with Crippen molar-refractivity contribution < 1.29 is 8.78 Å². The summed E-state index contributed by atoms with van der Waals surface area (Å²) in [4.78, 5) is 0.251. The first-order valence-corrected chi connectivity index (χ1v) is 6.70. The standard InChI is InChI=1S/C13H15F2N3S/c1-8-10(5-6-16)13(18(2)17-8)19-12-7-9(14)3-4-11(12)15/h3-4,7H,5-6,16H2,1-2H3. The van der Waals surface area contributed by atoms with Crippen LogP contribution in [0.5, 0.6) is 0 Å². The van der Waals surface area contributed by atoms with Crippen molar-refractivity contribution in [2.45, 2.75) is 23.3 Å². The molecule has 102 valence electrons. The van der Waals surface area contributed by atoms with E-state index in [0.29, 0.717) is 13.0 Å². The molecule has 0 aliphatic carbocycles. The SMILES string of the molecule is Cc1nn(C)c(Sc2cc(F)ccc2F)c1CCN. The molecule has 0 atom stereocenters. The van der Waals surface area contributed by atoms with Crippen molar-refractivity contribution in [1.29, 1.82) is 0 Å². The molecule has 0 aliphatic heterocycles. The van der Waals surface area contributed by atoms with Crippen LogP contribution in [0.1, 0.15) is 11.3 Å². The van der Waals surface area contributed by atoms with E-state index in [0.717, 1.165) is 28.4 Å². The van der Waals surface area contributed by atoms with Gasteiger partial charge in [0.15, 0.2) is 0 Å². The number of aromatic nitrogens is 2. The fourth-order valence-electron chi connectivity index (χ4n) is 1.90. The van der Waals surface area contributed by atoms with Crippen molar-refractivity contribution in [3.05, 3.63) is 41.1 Å². The van der Waals surface area contributed by atoms with Crippen LogP contribution in [0.4, 0.5) is 8.78 Å². The summed E-state index contributed by atoms with van der Waals surface area (Å²) >= 11 is 1.17. The second-order valence-electron chi connectivity index (χ2n) is 4.21. The summed E-state index contributed by atoms with van der Waals surface area (Å²) < 4.78 is 28.5. The summed E-state index contributed by atoms with van der Waals surface area (Å²) in [5.41, 5.74) is 7.43. The van der Waals surface area contributed by atoms with Crippen LogP contribution in [0.15, 0.2) is 28.1 Å². The zero-order chi connectivity index (χ0) is 14.0. The Balaban J connectivity index is 2.40. The number of rotatable bonds is 4. The Kier molecular flexibility index (Phi) is 4.21. The van der Waals surface area contributed by atoms with Gasteiger partial charge in [-0.1, -0.05) is 11.8 Å². The second kappa shape index (κ2) is 5.71. The van der Waals surface area contributed by atoms with Gasteiger partial charge < -0.3 is 5.73 Å². The molecule has 1 aromatic heterocycles. The van der Waals surface area contributed by atoms with Crippen LogP contribution in [-0.2, 0) is 13.5 Å². The molecule has 0 saturated carbocycles. The van der Waals surface area contributed by atoms with E-state index in [4.69, 9.17) is 5.73 Å². The quantitative estimate of drug-likeness (QED) is 0.938. The third-order valence-electron chi connectivity index (χ3n) is 2.78. The maximum atomic E-state index is 13.7. The van der Waals surface area contributed by atoms with E-state index in [1.807, 2.05) is 6.92 Å². The average Bonchev–Trinajstić information content (AvgIpc) is 2.61. The summed E-state index contributed by atoms with van der Waals surface area (Å²) in [6, 6.07) is 3.42. The molecule has 0 bridgehead atoms. The van der Waals surface area contributed by atoms with Gasteiger partial charge in [-0.05, 0) is 38.1 Å². The van der Waals surface area contributed by atoms with Gasteiger partial charge >= 0.3 is 0 Å². The second-order valence-corrected chi connectivity index (χ2v) is 5.24. The van der Waals surface area contributed by atoms with Gasteiger partial charge in [0.05, 0.1) is 10.6 Å². The van der Waals surface area contributed by atoms with Crippen molar-refractivity contribution in [3.8, 4) is 0 Å². The third kappa shape index (κ3) is 2.96. The summed E-state index contributed by atoms with van der Waals surface area (Å²) in [6.45, 7) is 2.38. The van der Waals surface area contributed by atoms with E-state index in [9.17, 15) is 8.78 Å². The van der Waals surface area contributed by atoms with Crippen LogP contribution in [0.3, 0.4) is 0 Å². The number of hydrogen-bond donors (Lipinski definition) is 1. The lowest BCUT2D eigenvalue weighted by atomic mass is 10.2. The average molecular weight is 283 g/mol. The van der Waals surface area contributed by atoms with E-state index in [1.165, 1.54) is 17.8 Å². The lowest BCUT2D eigenvalue weighted by molar-refractivity contribution is 0.576. The molecule has 1 heterocycles. The summed E-state index contributed by atoms with van der Waals surface area (Å²) in [5, 5.41) is 5.10. The number of hydrogen-bond acceptors (Lipinski definition) is 3. The van der Waals surface area contributed by atoms with E-state index < -0.39 is 11.6 Å². The minimum absolute atomic E-state index is 0.251. The maximum Gasteiger partial charge on any atom is 0.137 e. The number of nitrogens with two attached hydrogens (primary N) is 1. The van der Waals surface area contributed by atoms with Crippen LogP contribution in [0.2, 0.25) is 0 Å². The zero-order valence-electron chi connectivity index (χ0n) is 10.8. The molecule has 1 aromatic carbocycles. The molecular formula is C13H15F2N3S. The van der Waals surface area contributed by atoms with Crippen LogP contribution >= 0.6 is 11.8 Å². The van der Waals surface area contributed by atoms with E-state index in [2.05, 4.69) is 5.10 Å².